The van der Waals surface area contributed by atoms with Gasteiger partial charge in [-0.3, -0.25) is 4.55 Å². The molecule has 1 aromatic carbocycles. The minimum atomic E-state index is -4.25. The van der Waals surface area contributed by atoms with Gasteiger partial charge in [0, 0.05) is 6.07 Å². The van der Waals surface area contributed by atoms with Crippen LogP contribution in [0.3, 0.4) is 0 Å². The Morgan fingerprint density at radius 1 is 1.50 bits per heavy atom. The van der Waals surface area contributed by atoms with E-state index in [2.05, 4.69) is 0 Å². The summed E-state index contributed by atoms with van der Waals surface area (Å²) >= 11 is 0. The molecule has 0 bridgehead atoms. The molecule has 0 spiro atoms. The molecule has 0 radical (unpaired) electrons. The fraction of sp³-hybridized carbons (Fsp3) is 0.250. The Morgan fingerprint density at radius 2 is 2.14 bits per heavy atom. The Morgan fingerprint density at radius 3 is 2.57 bits per heavy atom. The fourth-order valence-corrected chi connectivity index (χ4v) is 1.61. The lowest BCUT2D eigenvalue weighted by Crippen LogP contribution is -2.03. The van der Waals surface area contributed by atoms with Crippen molar-refractivity contribution < 1.29 is 17.7 Å². The summed E-state index contributed by atoms with van der Waals surface area (Å²) in [5.41, 5.74) is 5.39. The van der Waals surface area contributed by atoms with Crippen molar-refractivity contribution >= 4 is 15.8 Å². The number of rotatable bonds is 3. The summed E-state index contributed by atoms with van der Waals surface area (Å²) in [6.07, 6.45) is 0. The van der Waals surface area contributed by atoms with Crippen molar-refractivity contribution in [3.05, 3.63) is 18.2 Å². The van der Waals surface area contributed by atoms with Gasteiger partial charge in [0.15, 0.2) is 0 Å². The lowest BCUT2D eigenvalue weighted by atomic mass is 10.3. The van der Waals surface area contributed by atoms with Gasteiger partial charge in [0.2, 0.25) is 0 Å². The van der Waals surface area contributed by atoms with Crippen molar-refractivity contribution in [3.63, 3.8) is 0 Å². The van der Waals surface area contributed by atoms with Gasteiger partial charge in [-0.1, -0.05) is 0 Å². The molecule has 0 unspecified atom stereocenters. The molecule has 0 saturated carbocycles. The highest BCUT2D eigenvalue weighted by molar-refractivity contribution is 7.86. The van der Waals surface area contributed by atoms with Gasteiger partial charge >= 0.3 is 0 Å². The summed E-state index contributed by atoms with van der Waals surface area (Å²) in [6.45, 7) is 2.26. The van der Waals surface area contributed by atoms with Crippen LogP contribution in [0.15, 0.2) is 23.1 Å². The highest BCUT2D eigenvalue weighted by atomic mass is 32.2. The normalized spacial score (nSPS) is 11.3. The lowest BCUT2D eigenvalue weighted by Gasteiger charge is -2.06. The van der Waals surface area contributed by atoms with Crippen LogP contribution in [0.4, 0.5) is 5.69 Å². The molecule has 0 atom stereocenters. The molecule has 0 amide bonds. The molecule has 0 aliphatic rings. The molecule has 78 valence electrons. The number of ether oxygens (including phenoxy) is 1. The predicted molar refractivity (Wildman–Crippen MR) is 51.8 cm³/mol. The Kier molecular flexibility index (Phi) is 2.97. The topological polar surface area (TPSA) is 89.6 Å². The minimum absolute atomic E-state index is 0.0292. The number of nitrogen functional groups attached to an aromatic ring is 1. The first-order valence-electron chi connectivity index (χ1n) is 3.95. The molecule has 0 saturated heterocycles. The summed E-state index contributed by atoms with van der Waals surface area (Å²) in [5.74, 6) is 0.470. The first-order chi connectivity index (χ1) is 6.45. The summed E-state index contributed by atoms with van der Waals surface area (Å²) in [7, 11) is -4.25. The Hall–Kier alpha value is -1.27. The van der Waals surface area contributed by atoms with Crippen LogP contribution in [0.1, 0.15) is 6.92 Å². The van der Waals surface area contributed by atoms with Gasteiger partial charge in [-0.15, -0.1) is 0 Å². The molecule has 14 heavy (non-hydrogen) atoms. The molecule has 1 rings (SSSR count). The van der Waals surface area contributed by atoms with Crippen LogP contribution in [0.5, 0.6) is 5.75 Å². The van der Waals surface area contributed by atoms with Crippen LogP contribution < -0.4 is 10.5 Å². The third-order valence-corrected chi connectivity index (χ3v) is 2.50. The maximum absolute atomic E-state index is 10.8. The second-order valence-electron chi connectivity index (χ2n) is 2.61. The van der Waals surface area contributed by atoms with Gasteiger partial charge in [0.1, 0.15) is 10.6 Å². The maximum atomic E-state index is 10.8. The van der Waals surface area contributed by atoms with Gasteiger partial charge in [-0.2, -0.15) is 8.42 Å². The number of nitrogens with two attached hydrogens (primary N) is 1. The fourth-order valence-electron chi connectivity index (χ4n) is 1.02. The van der Waals surface area contributed by atoms with Gasteiger partial charge in [0.25, 0.3) is 10.1 Å². The second-order valence-corrected chi connectivity index (χ2v) is 4.00. The van der Waals surface area contributed by atoms with Crippen molar-refractivity contribution in [2.45, 2.75) is 11.8 Å². The highest BCUT2D eigenvalue weighted by Crippen LogP contribution is 2.23. The van der Waals surface area contributed by atoms with E-state index in [0.29, 0.717) is 12.4 Å². The van der Waals surface area contributed by atoms with E-state index in [1.54, 1.807) is 6.92 Å². The lowest BCUT2D eigenvalue weighted by molar-refractivity contribution is 0.340. The molecule has 0 aliphatic heterocycles. The highest BCUT2D eigenvalue weighted by Gasteiger charge is 2.13. The smallest absolute Gasteiger partial charge is 0.296 e. The Balaban J connectivity index is 3.15. The van der Waals surface area contributed by atoms with Crippen molar-refractivity contribution in [2.75, 3.05) is 12.3 Å². The third kappa shape index (κ3) is 2.36. The zero-order valence-corrected chi connectivity index (χ0v) is 8.41. The zero-order valence-electron chi connectivity index (χ0n) is 7.60. The number of benzene rings is 1. The number of hydrogen-bond donors (Lipinski definition) is 2. The van der Waals surface area contributed by atoms with E-state index >= 15 is 0 Å². The summed E-state index contributed by atoms with van der Waals surface area (Å²) in [5, 5.41) is 0. The molecule has 0 heterocycles. The van der Waals surface area contributed by atoms with Crippen molar-refractivity contribution in [1.29, 1.82) is 0 Å². The molecule has 6 heteroatoms. The van der Waals surface area contributed by atoms with Gasteiger partial charge < -0.3 is 10.5 Å². The van der Waals surface area contributed by atoms with Crippen molar-refractivity contribution in [2.24, 2.45) is 0 Å². The van der Waals surface area contributed by atoms with E-state index in [1.165, 1.54) is 18.2 Å². The third-order valence-electron chi connectivity index (χ3n) is 1.57. The van der Waals surface area contributed by atoms with E-state index in [9.17, 15) is 8.42 Å². The van der Waals surface area contributed by atoms with Crippen LogP contribution in [0, 0.1) is 0 Å². The summed E-state index contributed by atoms with van der Waals surface area (Å²) in [6, 6.07) is 3.99. The van der Waals surface area contributed by atoms with Crippen LogP contribution >= 0.6 is 0 Å². The van der Waals surface area contributed by atoms with Gasteiger partial charge in [-0.05, 0) is 19.1 Å². The van der Waals surface area contributed by atoms with E-state index in [-0.39, 0.29) is 10.6 Å². The predicted octanol–water partition coefficient (Wildman–Crippen LogP) is 0.914. The Labute approximate surface area is 82.2 Å². The van der Waals surface area contributed by atoms with Crippen LogP contribution in [-0.4, -0.2) is 19.6 Å². The van der Waals surface area contributed by atoms with Crippen LogP contribution in [0.25, 0.3) is 0 Å². The summed E-state index contributed by atoms with van der Waals surface area (Å²) < 4.78 is 35.4. The largest absolute Gasteiger partial charge is 0.494 e. The van der Waals surface area contributed by atoms with Crippen LogP contribution in [0.2, 0.25) is 0 Å². The van der Waals surface area contributed by atoms with E-state index in [1.807, 2.05) is 0 Å². The minimum Gasteiger partial charge on any atom is -0.494 e. The maximum Gasteiger partial charge on any atom is 0.296 e. The number of anilines is 1. The molecule has 0 fully saturated rings. The molecule has 1 aromatic rings. The van der Waals surface area contributed by atoms with E-state index < -0.39 is 10.1 Å². The molecular weight excluding hydrogens is 206 g/mol. The quantitative estimate of drug-likeness (QED) is 0.580. The summed E-state index contributed by atoms with van der Waals surface area (Å²) in [4.78, 5) is -0.305. The molecule has 0 aliphatic carbocycles. The van der Waals surface area contributed by atoms with Gasteiger partial charge in [-0.25, -0.2) is 0 Å². The SMILES string of the molecule is CCOc1ccc(S(=O)(=O)O)c(N)c1. The van der Waals surface area contributed by atoms with Crippen LogP contribution in [-0.2, 0) is 10.1 Å². The first-order valence-corrected chi connectivity index (χ1v) is 5.39. The average Bonchev–Trinajstić information content (AvgIpc) is 2.02. The molecular formula is C8H11NO4S. The first kappa shape index (κ1) is 10.8. The van der Waals surface area contributed by atoms with Gasteiger partial charge in [0.05, 0.1) is 12.3 Å². The molecule has 3 N–H and O–H groups in total. The van der Waals surface area contributed by atoms with Crippen molar-refractivity contribution in [3.8, 4) is 5.75 Å². The van der Waals surface area contributed by atoms with E-state index in [4.69, 9.17) is 15.0 Å². The zero-order chi connectivity index (χ0) is 10.8. The van der Waals surface area contributed by atoms with E-state index in [0.717, 1.165) is 0 Å². The molecule has 0 aromatic heterocycles. The average molecular weight is 217 g/mol. The molecule has 5 nitrogen and oxygen atoms in total. The second kappa shape index (κ2) is 3.85. The standard InChI is InChI=1S/C8H11NO4S/c1-2-13-6-3-4-8(7(9)5-6)14(10,11)12/h3-5H,2,9H2,1H3,(H,10,11,12). The number of hydrogen-bond acceptors (Lipinski definition) is 4. The monoisotopic (exact) mass is 217 g/mol. The Bertz CT molecular complexity index is 427. The van der Waals surface area contributed by atoms with Crippen molar-refractivity contribution in [1.82, 2.24) is 0 Å².